The summed E-state index contributed by atoms with van der Waals surface area (Å²) in [6, 6.07) is 12.5. The average molecular weight is 399 g/mol. The summed E-state index contributed by atoms with van der Waals surface area (Å²) in [6.45, 7) is 0. The van der Waals surface area contributed by atoms with Crippen LogP contribution in [0.2, 0.25) is 0 Å². The molecule has 30 heavy (non-hydrogen) atoms. The number of nitrogens with zero attached hydrogens (tertiary/aromatic N) is 6. The molecular formula is C21H17N7O2. The third kappa shape index (κ3) is 3.56. The van der Waals surface area contributed by atoms with Gasteiger partial charge in [0, 0.05) is 23.6 Å². The number of nitrogens with one attached hydrogen (secondary N) is 1. The Morgan fingerprint density at radius 2 is 2.03 bits per heavy atom. The molecule has 0 saturated heterocycles. The second kappa shape index (κ2) is 7.64. The lowest BCUT2D eigenvalue weighted by Crippen LogP contribution is -2.46. The van der Waals surface area contributed by atoms with E-state index in [0.29, 0.717) is 36.6 Å². The minimum absolute atomic E-state index is 0.0478. The summed E-state index contributed by atoms with van der Waals surface area (Å²) in [5.74, 6) is -0.671. The van der Waals surface area contributed by atoms with Crippen LogP contribution in [0.25, 0.3) is 11.3 Å². The summed E-state index contributed by atoms with van der Waals surface area (Å²) in [4.78, 5) is 19.7. The van der Waals surface area contributed by atoms with Crippen molar-refractivity contribution in [2.45, 2.75) is 24.8 Å². The van der Waals surface area contributed by atoms with E-state index in [1.165, 1.54) is 12.1 Å². The molecule has 2 heterocycles. The Kier molecular flexibility index (Phi) is 4.87. The van der Waals surface area contributed by atoms with Crippen LogP contribution in [-0.2, 0) is 5.54 Å². The largest absolute Gasteiger partial charge is 0.478 e. The van der Waals surface area contributed by atoms with Crippen LogP contribution >= 0.6 is 0 Å². The molecule has 1 saturated carbocycles. The van der Waals surface area contributed by atoms with Crippen molar-refractivity contribution >= 4 is 17.6 Å². The predicted molar refractivity (Wildman–Crippen MR) is 106 cm³/mol. The Morgan fingerprint density at radius 1 is 1.27 bits per heavy atom. The molecule has 0 spiro atoms. The standard InChI is InChI=1S/C21H17N7O2/c22-7-6-21(9-14(10-21)11-23)28-13-16(12-25-28)18-5-8-24-20(27-18)26-17-3-1-15(2-4-17)19(29)30/h1-5,8,12-14H,6,9-10H2,(H,29,30)(H,24,26,27). The van der Waals surface area contributed by atoms with Gasteiger partial charge in [0.2, 0.25) is 5.95 Å². The van der Waals surface area contributed by atoms with Crippen molar-refractivity contribution in [1.82, 2.24) is 19.7 Å². The van der Waals surface area contributed by atoms with Crippen molar-refractivity contribution in [3.05, 3.63) is 54.5 Å². The fourth-order valence-corrected chi connectivity index (χ4v) is 3.63. The van der Waals surface area contributed by atoms with Crippen LogP contribution in [0.3, 0.4) is 0 Å². The second-order valence-electron chi connectivity index (χ2n) is 7.24. The van der Waals surface area contributed by atoms with Crippen LogP contribution in [0.15, 0.2) is 48.9 Å². The average Bonchev–Trinajstić information content (AvgIpc) is 3.21. The lowest BCUT2D eigenvalue weighted by molar-refractivity contribution is 0.0697. The van der Waals surface area contributed by atoms with Gasteiger partial charge in [0.15, 0.2) is 0 Å². The third-order valence-electron chi connectivity index (χ3n) is 5.25. The van der Waals surface area contributed by atoms with E-state index < -0.39 is 11.5 Å². The molecule has 2 aromatic heterocycles. The van der Waals surface area contributed by atoms with Gasteiger partial charge >= 0.3 is 5.97 Å². The maximum atomic E-state index is 11.0. The van der Waals surface area contributed by atoms with Gasteiger partial charge in [-0.25, -0.2) is 14.8 Å². The van der Waals surface area contributed by atoms with E-state index in [4.69, 9.17) is 10.4 Å². The van der Waals surface area contributed by atoms with E-state index in [2.05, 4.69) is 32.5 Å². The number of carbonyl (C=O) groups is 1. The highest BCUT2D eigenvalue weighted by Crippen LogP contribution is 2.46. The van der Waals surface area contributed by atoms with Gasteiger partial charge in [-0.2, -0.15) is 15.6 Å². The van der Waals surface area contributed by atoms with E-state index in [0.717, 1.165) is 5.56 Å². The van der Waals surface area contributed by atoms with Gasteiger partial charge in [-0.1, -0.05) is 0 Å². The fourth-order valence-electron chi connectivity index (χ4n) is 3.63. The van der Waals surface area contributed by atoms with Crippen molar-refractivity contribution in [3.63, 3.8) is 0 Å². The minimum atomic E-state index is -0.987. The fraction of sp³-hybridized carbons (Fsp3) is 0.238. The van der Waals surface area contributed by atoms with Crippen molar-refractivity contribution in [2.24, 2.45) is 5.92 Å². The number of aromatic nitrogens is 4. The zero-order chi connectivity index (χ0) is 21.1. The molecule has 1 aliphatic rings. The van der Waals surface area contributed by atoms with E-state index in [9.17, 15) is 10.1 Å². The summed E-state index contributed by atoms with van der Waals surface area (Å²) in [5.41, 5.74) is 1.86. The molecule has 1 aromatic carbocycles. The zero-order valence-electron chi connectivity index (χ0n) is 15.9. The Balaban J connectivity index is 1.54. The molecule has 4 rings (SSSR count). The Labute approximate surface area is 172 Å². The zero-order valence-corrected chi connectivity index (χ0v) is 15.9. The summed E-state index contributed by atoms with van der Waals surface area (Å²) in [5, 5.41) is 34.8. The topological polar surface area (TPSA) is 141 Å². The minimum Gasteiger partial charge on any atom is -0.478 e. The Morgan fingerprint density at radius 3 is 2.70 bits per heavy atom. The first kappa shape index (κ1) is 19.1. The van der Waals surface area contributed by atoms with Crippen molar-refractivity contribution in [1.29, 1.82) is 10.5 Å². The predicted octanol–water partition coefficient (Wildman–Crippen LogP) is 3.32. The van der Waals surface area contributed by atoms with Gasteiger partial charge in [-0.3, -0.25) is 4.68 Å². The second-order valence-corrected chi connectivity index (χ2v) is 7.24. The maximum Gasteiger partial charge on any atom is 0.335 e. The highest BCUT2D eigenvalue weighted by Gasteiger charge is 2.46. The smallest absolute Gasteiger partial charge is 0.335 e. The van der Waals surface area contributed by atoms with Gasteiger partial charge in [0.05, 0.1) is 47.5 Å². The first-order valence-electron chi connectivity index (χ1n) is 9.28. The van der Waals surface area contributed by atoms with Crippen LogP contribution in [-0.4, -0.2) is 30.8 Å². The van der Waals surface area contributed by atoms with E-state index in [1.54, 1.807) is 35.3 Å². The van der Waals surface area contributed by atoms with Crippen molar-refractivity contribution in [2.75, 3.05) is 5.32 Å². The molecule has 0 unspecified atom stereocenters. The Hall–Kier alpha value is -4.24. The lowest BCUT2D eigenvalue weighted by Gasteiger charge is -2.43. The summed E-state index contributed by atoms with van der Waals surface area (Å²) in [7, 11) is 0. The highest BCUT2D eigenvalue weighted by molar-refractivity contribution is 5.88. The molecule has 0 amide bonds. The number of benzene rings is 1. The molecule has 3 aromatic rings. The molecule has 0 bridgehead atoms. The quantitative estimate of drug-likeness (QED) is 0.643. The summed E-state index contributed by atoms with van der Waals surface area (Å²) in [6.07, 6.45) is 6.68. The van der Waals surface area contributed by atoms with Crippen LogP contribution in [0, 0.1) is 28.6 Å². The molecule has 148 valence electrons. The van der Waals surface area contributed by atoms with E-state index in [1.807, 2.05) is 6.20 Å². The van der Waals surface area contributed by atoms with Crippen LogP contribution in [0.5, 0.6) is 0 Å². The SMILES string of the molecule is N#CCC1(n2cc(-c3ccnc(Nc4ccc(C(=O)O)cc4)n3)cn2)CC(C#N)C1. The number of rotatable bonds is 6. The number of nitriles is 2. The van der Waals surface area contributed by atoms with Crippen LogP contribution < -0.4 is 5.32 Å². The van der Waals surface area contributed by atoms with Gasteiger partial charge in [-0.15, -0.1) is 0 Å². The molecule has 0 atom stereocenters. The number of hydrogen-bond donors (Lipinski definition) is 2. The van der Waals surface area contributed by atoms with Gasteiger partial charge in [0.25, 0.3) is 0 Å². The van der Waals surface area contributed by atoms with Crippen LogP contribution in [0.4, 0.5) is 11.6 Å². The van der Waals surface area contributed by atoms with Crippen LogP contribution in [0.1, 0.15) is 29.6 Å². The molecule has 2 N–H and O–H groups in total. The number of anilines is 2. The number of hydrogen-bond acceptors (Lipinski definition) is 7. The first-order valence-corrected chi connectivity index (χ1v) is 9.28. The number of carboxylic acid groups (broad SMARTS) is 1. The van der Waals surface area contributed by atoms with E-state index in [-0.39, 0.29) is 11.5 Å². The molecule has 1 fully saturated rings. The number of carboxylic acids is 1. The van der Waals surface area contributed by atoms with Gasteiger partial charge in [0.1, 0.15) is 0 Å². The maximum absolute atomic E-state index is 11.0. The normalized spacial score (nSPS) is 19.9. The van der Waals surface area contributed by atoms with E-state index >= 15 is 0 Å². The summed E-state index contributed by atoms with van der Waals surface area (Å²) < 4.78 is 1.78. The molecule has 0 aliphatic heterocycles. The van der Waals surface area contributed by atoms with Crippen molar-refractivity contribution < 1.29 is 9.90 Å². The number of aromatic carboxylic acids is 1. The Bertz CT molecular complexity index is 1170. The molecular weight excluding hydrogens is 382 g/mol. The molecule has 9 nitrogen and oxygen atoms in total. The first-order chi connectivity index (χ1) is 14.5. The molecule has 9 heteroatoms. The molecule has 0 radical (unpaired) electrons. The summed E-state index contributed by atoms with van der Waals surface area (Å²) >= 11 is 0. The monoisotopic (exact) mass is 399 g/mol. The highest BCUT2D eigenvalue weighted by atomic mass is 16.4. The third-order valence-corrected chi connectivity index (χ3v) is 5.25. The van der Waals surface area contributed by atoms with Crippen molar-refractivity contribution in [3.8, 4) is 23.4 Å². The van der Waals surface area contributed by atoms with Gasteiger partial charge < -0.3 is 10.4 Å². The molecule has 1 aliphatic carbocycles. The van der Waals surface area contributed by atoms with Gasteiger partial charge in [-0.05, 0) is 43.2 Å². The lowest BCUT2D eigenvalue weighted by atomic mass is 9.67.